The standard InChI is InChI=1S/C11H15F3O2Si/c1-3-15-17(16-4-2)10-7-5-6-9(8-10)11(12,13)14/h5-8,17H,3-4H2,1-2H3. The lowest BCUT2D eigenvalue weighted by molar-refractivity contribution is -0.137. The smallest absolute Gasteiger partial charge is 0.394 e. The highest BCUT2D eigenvalue weighted by molar-refractivity contribution is 6.61. The maximum absolute atomic E-state index is 12.5. The lowest BCUT2D eigenvalue weighted by Crippen LogP contribution is -2.37. The molecule has 0 unspecified atom stereocenters. The van der Waals surface area contributed by atoms with Crippen LogP contribution in [0, 0.1) is 0 Å². The van der Waals surface area contributed by atoms with Gasteiger partial charge in [-0.2, -0.15) is 13.2 Å². The molecule has 0 atom stereocenters. The van der Waals surface area contributed by atoms with Crippen molar-refractivity contribution in [1.82, 2.24) is 0 Å². The summed E-state index contributed by atoms with van der Waals surface area (Å²) in [6.45, 7) is 4.47. The van der Waals surface area contributed by atoms with E-state index in [4.69, 9.17) is 8.85 Å². The number of rotatable bonds is 5. The van der Waals surface area contributed by atoms with Crippen LogP contribution in [0.3, 0.4) is 0 Å². The van der Waals surface area contributed by atoms with E-state index in [0.717, 1.165) is 12.1 Å². The van der Waals surface area contributed by atoms with Crippen LogP contribution in [-0.4, -0.2) is 22.5 Å². The molecule has 0 N–H and O–H groups in total. The number of hydrogen-bond acceptors (Lipinski definition) is 2. The Kier molecular flexibility index (Phi) is 5.17. The summed E-state index contributed by atoms with van der Waals surface area (Å²) < 4.78 is 48.4. The summed E-state index contributed by atoms with van der Waals surface area (Å²) in [7, 11) is -2.19. The summed E-state index contributed by atoms with van der Waals surface area (Å²) in [5.41, 5.74) is -0.660. The molecule has 0 aliphatic heterocycles. The highest BCUT2D eigenvalue weighted by Crippen LogP contribution is 2.28. The van der Waals surface area contributed by atoms with Crippen LogP contribution in [0.25, 0.3) is 0 Å². The van der Waals surface area contributed by atoms with E-state index in [9.17, 15) is 13.2 Å². The van der Waals surface area contributed by atoms with Crippen molar-refractivity contribution < 1.29 is 22.0 Å². The number of alkyl halides is 3. The van der Waals surface area contributed by atoms with Crippen LogP contribution in [0.15, 0.2) is 24.3 Å². The predicted molar refractivity (Wildman–Crippen MR) is 61.5 cm³/mol. The maximum atomic E-state index is 12.5. The molecule has 1 rings (SSSR count). The molecule has 0 heterocycles. The largest absolute Gasteiger partial charge is 0.416 e. The summed E-state index contributed by atoms with van der Waals surface area (Å²) in [5, 5.41) is 0.517. The Balaban J connectivity index is 2.95. The molecule has 0 fully saturated rings. The van der Waals surface area contributed by atoms with E-state index in [1.54, 1.807) is 19.9 Å². The zero-order valence-corrected chi connectivity index (χ0v) is 10.9. The first-order chi connectivity index (χ1) is 7.99. The Hall–Kier alpha value is -0.853. The lowest BCUT2D eigenvalue weighted by atomic mass is 10.2. The van der Waals surface area contributed by atoms with Crippen LogP contribution in [0.1, 0.15) is 19.4 Å². The Morgan fingerprint density at radius 2 is 1.71 bits per heavy atom. The minimum Gasteiger partial charge on any atom is -0.394 e. The molecule has 0 aliphatic rings. The van der Waals surface area contributed by atoms with E-state index in [1.807, 2.05) is 0 Å². The summed E-state index contributed by atoms with van der Waals surface area (Å²) in [6, 6.07) is 5.17. The fourth-order valence-corrected chi connectivity index (χ4v) is 3.08. The van der Waals surface area contributed by atoms with Gasteiger partial charge in [-0.1, -0.05) is 18.2 Å². The molecule has 2 nitrogen and oxygen atoms in total. The third-order valence-electron chi connectivity index (χ3n) is 2.12. The van der Waals surface area contributed by atoms with Gasteiger partial charge in [0, 0.05) is 13.2 Å². The summed E-state index contributed by atoms with van der Waals surface area (Å²) in [5.74, 6) is 0. The van der Waals surface area contributed by atoms with E-state index in [-0.39, 0.29) is 0 Å². The average molecular weight is 264 g/mol. The van der Waals surface area contributed by atoms with Gasteiger partial charge >= 0.3 is 15.5 Å². The number of hydrogen-bond donors (Lipinski definition) is 0. The third kappa shape index (κ3) is 4.14. The van der Waals surface area contributed by atoms with Crippen LogP contribution in [0.2, 0.25) is 0 Å². The molecule has 96 valence electrons. The number of halogens is 3. The molecule has 1 aromatic carbocycles. The summed E-state index contributed by atoms with van der Waals surface area (Å²) in [4.78, 5) is 0. The molecule has 1 aromatic rings. The molecular formula is C11H15F3O2Si. The van der Waals surface area contributed by atoms with Gasteiger partial charge < -0.3 is 8.85 Å². The second-order valence-electron chi connectivity index (χ2n) is 3.37. The van der Waals surface area contributed by atoms with E-state index >= 15 is 0 Å². The molecule has 0 spiro atoms. The SMILES string of the molecule is CCO[SiH](OCC)c1cccc(C(F)(F)F)c1. The highest BCUT2D eigenvalue weighted by atomic mass is 28.3. The van der Waals surface area contributed by atoms with E-state index in [0.29, 0.717) is 18.4 Å². The van der Waals surface area contributed by atoms with Gasteiger partial charge in [0.15, 0.2) is 0 Å². The van der Waals surface area contributed by atoms with E-state index in [2.05, 4.69) is 0 Å². The molecule has 0 radical (unpaired) electrons. The van der Waals surface area contributed by atoms with Crippen molar-refractivity contribution in [3.05, 3.63) is 29.8 Å². The molecule has 0 aliphatic carbocycles. The molecule has 0 amide bonds. The van der Waals surface area contributed by atoms with E-state index < -0.39 is 21.0 Å². The van der Waals surface area contributed by atoms with Gasteiger partial charge in [-0.05, 0) is 25.1 Å². The first-order valence-electron chi connectivity index (χ1n) is 5.39. The van der Waals surface area contributed by atoms with Gasteiger partial charge in [-0.15, -0.1) is 0 Å². The monoisotopic (exact) mass is 264 g/mol. The highest BCUT2D eigenvalue weighted by Gasteiger charge is 2.31. The second kappa shape index (κ2) is 6.18. The van der Waals surface area contributed by atoms with E-state index in [1.165, 1.54) is 6.07 Å². The molecule has 0 bridgehead atoms. The Morgan fingerprint density at radius 1 is 1.12 bits per heavy atom. The predicted octanol–water partition coefficient (Wildman–Crippen LogP) is 2.21. The molecule has 0 aromatic heterocycles. The summed E-state index contributed by atoms with van der Waals surface area (Å²) >= 11 is 0. The Morgan fingerprint density at radius 3 is 2.18 bits per heavy atom. The van der Waals surface area contributed by atoms with Crippen LogP contribution < -0.4 is 5.19 Å². The van der Waals surface area contributed by atoms with Gasteiger partial charge in [0.1, 0.15) is 0 Å². The van der Waals surface area contributed by atoms with Gasteiger partial charge in [-0.25, -0.2) is 0 Å². The average Bonchev–Trinajstić information content (AvgIpc) is 2.28. The second-order valence-corrected chi connectivity index (χ2v) is 5.36. The quantitative estimate of drug-likeness (QED) is 0.759. The molecule has 0 saturated carbocycles. The minimum absolute atomic E-state index is 0.438. The van der Waals surface area contributed by atoms with Crippen molar-refractivity contribution in [3.8, 4) is 0 Å². The van der Waals surface area contributed by atoms with Gasteiger partial charge in [0.2, 0.25) is 0 Å². The van der Waals surface area contributed by atoms with Crippen LogP contribution >= 0.6 is 0 Å². The molecule has 0 saturated heterocycles. The molecule has 17 heavy (non-hydrogen) atoms. The van der Waals surface area contributed by atoms with Crippen molar-refractivity contribution in [2.24, 2.45) is 0 Å². The van der Waals surface area contributed by atoms with Crippen molar-refractivity contribution in [2.45, 2.75) is 20.0 Å². The lowest BCUT2D eigenvalue weighted by Gasteiger charge is -2.16. The van der Waals surface area contributed by atoms with Gasteiger partial charge in [0.05, 0.1) is 5.56 Å². The van der Waals surface area contributed by atoms with Gasteiger partial charge in [-0.3, -0.25) is 0 Å². The Bertz CT molecular complexity index is 349. The first-order valence-corrected chi connectivity index (χ1v) is 6.91. The molecular weight excluding hydrogens is 249 g/mol. The first kappa shape index (κ1) is 14.2. The number of benzene rings is 1. The summed E-state index contributed by atoms with van der Waals surface area (Å²) in [6.07, 6.45) is -4.33. The van der Waals surface area contributed by atoms with Crippen molar-refractivity contribution in [3.63, 3.8) is 0 Å². The zero-order valence-electron chi connectivity index (χ0n) is 9.75. The maximum Gasteiger partial charge on any atom is 0.416 e. The van der Waals surface area contributed by atoms with Crippen molar-refractivity contribution in [1.29, 1.82) is 0 Å². The third-order valence-corrected chi connectivity index (χ3v) is 4.30. The minimum atomic E-state index is -4.33. The topological polar surface area (TPSA) is 18.5 Å². The fraction of sp³-hybridized carbons (Fsp3) is 0.455. The van der Waals surface area contributed by atoms with Crippen molar-refractivity contribution >= 4 is 14.5 Å². The Labute approximate surface area is 100 Å². The fourth-order valence-electron chi connectivity index (χ4n) is 1.40. The van der Waals surface area contributed by atoms with Crippen LogP contribution in [0.4, 0.5) is 13.2 Å². The normalized spacial score (nSPS) is 12.1. The van der Waals surface area contributed by atoms with Crippen molar-refractivity contribution in [2.75, 3.05) is 13.2 Å². The van der Waals surface area contributed by atoms with Crippen LogP contribution in [-0.2, 0) is 15.0 Å². The van der Waals surface area contributed by atoms with Crippen LogP contribution in [0.5, 0.6) is 0 Å². The molecule has 6 heteroatoms. The van der Waals surface area contributed by atoms with Gasteiger partial charge in [0.25, 0.3) is 0 Å². The zero-order chi connectivity index (χ0) is 12.9.